The van der Waals surface area contributed by atoms with Gasteiger partial charge in [0.25, 0.3) is 0 Å². The highest BCUT2D eigenvalue weighted by atomic mass is 79.9. The normalized spacial score (nSPS) is 12.1. The van der Waals surface area contributed by atoms with E-state index in [0.717, 1.165) is 17.5 Å². The van der Waals surface area contributed by atoms with Gasteiger partial charge in [0.15, 0.2) is 5.16 Å². The molecule has 1 unspecified atom stereocenters. The Morgan fingerprint density at radius 2 is 2.12 bits per heavy atom. The highest BCUT2D eigenvalue weighted by Crippen LogP contribution is 2.36. The van der Waals surface area contributed by atoms with Crippen molar-refractivity contribution in [3.05, 3.63) is 76.5 Å². The number of thioether (sulfide) groups is 1. The van der Waals surface area contributed by atoms with Gasteiger partial charge in [0.2, 0.25) is 5.91 Å². The fourth-order valence-corrected chi connectivity index (χ4v) is 3.66. The number of amides is 1. The van der Waals surface area contributed by atoms with Crippen LogP contribution in [0.5, 0.6) is 0 Å². The molecule has 0 aliphatic carbocycles. The number of hydrogen-bond donors (Lipinski definition) is 1. The minimum Gasteiger partial charge on any atom is -0.368 e. The standard InChI is InChI=1S/C17H14BrFN4OS/c18-11-4-5-13(14(19)9-11)15(16(20)24)25-17-22-7-8-23(17)10-12-3-1-2-6-21-12/h1-9,15H,10H2,(H2,20,24). The van der Waals surface area contributed by atoms with Crippen molar-refractivity contribution in [3.63, 3.8) is 0 Å². The van der Waals surface area contributed by atoms with Crippen LogP contribution in [0.25, 0.3) is 0 Å². The quantitative estimate of drug-likeness (QED) is 0.618. The van der Waals surface area contributed by atoms with E-state index in [1.165, 1.54) is 6.07 Å². The number of pyridine rings is 1. The molecule has 0 fully saturated rings. The van der Waals surface area contributed by atoms with Crippen LogP contribution in [0.4, 0.5) is 4.39 Å². The fourth-order valence-electron chi connectivity index (χ4n) is 2.29. The summed E-state index contributed by atoms with van der Waals surface area (Å²) in [6.07, 6.45) is 5.12. The minimum atomic E-state index is -0.877. The van der Waals surface area contributed by atoms with Crippen LogP contribution in [-0.4, -0.2) is 20.4 Å². The largest absolute Gasteiger partial charge is 0.368 e. The summed E-state index contributed by atoms with van der Waals surface area (Å²) >= 11 is 4.32. The molecule has 0 spiro atoms. The smallest absolute Gasteiger partial charge is 0.235 e. The van der Waals surface area contributed by atoms with E-state index in [1.807, 2.05) is 22.8 Å². The molecule has 2 heterocycles. The highest BCUT2D eigenvalue weighted by molar-refractivity contribution is 9.10. The molecule has 1 atom stereocenters. The molecule has 0 saturated carbocycles. The van der Waals surface area contributed by atoms with Crippen LogP contribution in [0.1, 0.15) is 16.5 Å². The van der Waals surface area contributed by atoms with E-state index in [4.69, 9.17) is 5.73 Å². The molecule has 3 aromatic rings. The van der Waals surface area contributed by atoms with E-state index in [2.05, 4.69) is 25.9 Å². The molecule has 1 amide bonds. The van der Waals surface area contributed by atoms with Gasteiger partial charge in [0.05, 0.1) is 12.2 Å². The van der Waals surface area contributed by atoms with Crippen molar-refractivity contribution in [1.82, 2.24) is 14.5 Å². The van der Waals surface area contributed by atoms with Crippen LogP contribution < -0.4 is 5.73 Å². The molecule has 5 nitrogen and oxygen atoms in total. The van der Waals surface area contributed by atoms with Gasteiger partial charge in [-0.3, -0.25) is 9.78 Å². The molecule has 0 radical (unpaired) electrons. The second kappa shape index (κ2) is 7.79. The Labute approximate surface area is 156 Å². The first-order valence-electron chi connectivity index (χ1n) is 7.36. The lowest BCUT2D eigenvalue weighted by Gasteiger charge is -2.15. The van der Waals surface area contributed by atoms with Gasteiger partial charge in [-0.15, -0.1) is 0 Å². The fraction of sp³-hybridized carbons (Fsp3) is 0.118. The SMILES string of the molecule is NC(=O)C(Sc1nccn1Cc1ccccn1)c1ccc(Br)cc1F. The maximum Gasteiger partial charge on any atom is 0.235 e. The van der Waals surface area contributed by atoms with E-state index in [9.17, 15) is 9.18 Å². The summed E-state index contributed by atoms with van der Waals surface area (Å²) in [6.45, 7) is 0.497. The van der Waals surface area contributed by atoms with Gasteiger partial charge >= 0.3 is 0 Å². The average Bonchev–Trinajstić information content (AvgIpc) is 3.01. The molecular weight excluding hydrogens is 407 g/mol. The monoisotopic (exact) mass is 420 g/mol. The van der Waals surface area contributed by atoms with Crippen LogP contribution in [0.2, 0.25) is 0 Å². The molecule has 0 bridgehead atoms. The number of rotatable bonds is 6. The van der Waals surface area contributed by atoms with Crippen molar-refractivity contribution in [1.29, 1.82) is 0 Å². The second-order valence-electron chi connectivity index (χ2n) is 5.22. The maximum atomic E-state index is 14.2. The second-order valence-corrected chi connectivity index (χ2v) is 7.21. The predicted octanol–water partition coefficient (Wildman–Crippen LogP) is 3.55. The number of imidazole rings is 1. The van der Waals surface area contributed by atoms with Crippen molar-refractivity contribution >= 4 is 33.6 Å². The lowest BCUT2D eigenvalue weighted by Crippen LogP contribution is -2.20. The molecule has 3 rings (SSSR count). The van der Waals surface area contributed by atoms with Gasteiger partial charge in [-0.25, -0.2) is 9.37 Å². The Morgan fingerprint density at radius 3 is 2.80 bits per heavy atom. The Hall–Kier alpha value is -2.19. The molecule has 25 heavy (non-hydrogen) atoms. The number of carbonyl (C=O) groups is 1. The number of halogens is 2. The van der Waals surface area contributed by atoms with Crippen LogP contribution >= 0.6 is 27.7 Å². The molecular formula is C17H14BrFN4OS. The van der Waals surface area contributed by atoms with Crippen molar-refractivity contribution in [2.24, 2.45) is 5.73 Å². The number of carbonyl (C=O) groups excluding carboxylic acids is 1. The number of primary amides is 1. The van der Waals surface area contributed by atoms with Gasteiger partial charge < -0.3 is 10.3 Å². The minimum absolute atomic E-state index is 0.230. The maximum absolute atomic E-state index is 14.2. The van der Waals surface area contributed by atoms with E-state index in [0.29, 0.717) is 16.2 Å². The lowest BCUT2D eigenvalue weighted by molar-refractivity contribution is -0.117. The van der Waals surface area contributed by atoms with Gasteiger partial charge in [-0.05, 0) is 24.3 Å². The zero-order chi connectivity index (χ0) is 17.8. The van der Waals surface area contributed by atoms with Crippen molar-refractivity contribution in [2.45, 2.75) is 17.0 Å². The molecule has 0 aliphatic rings. The van der Waals surface area contributed by atoms with Crippen LogP contribution in [0, 0.1) is 5.82 Å². The molecule has 0 saturated heterocycles. The van der Waals surface area contributed by atoms with E-state index in [-0.39, 0.29) is 5.56 Å². The molecule has 8 heteroatoms. The average molecular weight is 421 g/mol. The molecule has 2 N–H and O–H groups in total. The highest BCUT2D eigenvalue weighted by Gasteiger charge is 2.25. The first-order valence-corrected chi connectivity index (χ1v) is 9.04. The van der Waals surface area contributed by atoms with E-state index >= 15 is 0 Å². The third kappa shape index (κ3) is 4.26. The molecule has 128 valence electrons. The summed E-state index contributed by atoms with van der Waals surface area (Å²) in [5.41, 5.74) is 6.59. The van der Waals surface area contributed by atoms with Gasteiger partial charge in [-0.1, -0.05) is 39.8 Å². The van der Waals surface area contributed by atoms with E-state index in [1.54, 1.807) is 30.7 Å². The summed E-state index contributed by atoms with van der Waals surface area (Å²) in [7, 11) is 0. The van der Waals surface area contributed by atoms with Crippen LogP contribution in [0.3, 0.4) is 0 Å². The molecule has 2 aromatic heterocycles. The van der Waals surface area contributed by atoms with Crippen molar-refractivity contribution < 1.29 is 9.18 Å². The third-order valence-electron chi connectivity index (χ3n) is 3.46. The van der Waals surface area contributed by atoms with Crippen molar-refractivity contribution in [3.8, 4) is 0 Å². The Balaban J connectivity index is 1.87. The number of hydrogen-bond acceptors (Lipinski definition) is 4. The third-order valence-corrected chi connectivity index (χ3v) is 5.23. The van der Waals surface area contributed by atoms with Crippen LogP contribution in [-0.2, 0) is 11.3 Å². The molecule has 1 aromatic carbocycles. The Kier molecular flexibility index (Phi) is 5.50. The number of benzene rings is 1. The van der Waals surface area contributed by atoms with E-state index < -0.39 is 17.0 Å². The summed E-state index contributed by atoms with van der Waals surface area (Å²) in [4.78, 5) is 20.4. The van der Waals surface area contributed by atoms with Crippen molar-refractivity contribution in [2.75, 3.05) is 0 Å². The van der Waals surface area contributed by atoms with Crippen LogP contribution in [0.15, 0.2) is 64.6 Å². The zero-order valence-corrected chi connectivity index (χ0v) is 15.4. The number of aromatic nitrogens is 3. The summed E-state index contributed by atoms with van der Waals surface area (Å²) in [6, 6.07) is 10.2. The summed E-state index contributed by atoms with van der Waals surface area (Å²) in [5.74, 6) is -1.12. The van der Waals surface area contributed by atoms with Gasteiger partial charge in [0.1, 0.15) is 11.1 Å². The zero-order valence-electron chi connectivity index (χ0n) is 13.0. The first kappa shape index (κ1) is 17.6. The Bertz CT molecular complexity index is 887. The number of nitrogens with zero attached hydrogens (tertiary/aromatic N) is 3. The summed E-state index contributed by atoms with van der Waals surface area (Å²) in [5, 5.41) is -0.310. The van der Waals surface area contributed by atoms with Gasteiger partial charge in [-0.2, -0.15) is 0 Å². The Morgan fingerprint density at radius 1 is 1.28 bits per heavy atom. The topological polar surface area (TPSA) is 73.8 Å². The van der Waals surface area contributed by atoms with Gasteiger partial charge in [0, 0.05) is 28.6 Å². The number of nitrogens with two attached hydrogens (primary N) is 1. The first-order chi connectivity index (χ1) is 12.0. The molecule has 0 aliphatic heterocycles. The lowest BCUT2D eigenvalue weighted by atomic mass is 10.1. The predicted molar refractivity (Wildman–Crippen MR) is 97.5 cm³/mol. The summed E-state index contributed by atoms with van der Waals surface area (Å²) < 4.78 is 16.7.